The third-order valence-corrected chi connectivity index (χ3v) is 3.07. The van der Waals surface area contributed by atoms with Gasteiger partial charge >= 0.3 is 0 Å². The fourth-order valence-electron chi connectivity index (χ4n) is 1.66. The maximum Gasteiger partial charge on any atom is 0.161 e. The van der Waals surface area contributed by atoms with Gasteiger partial charge in [0.25, 0.3) is 0 Å². The van der Waals surface area contributed by atoms with Crippen LogP contribution in [0.2, 0.25) is 0 Å². The Hall–Kier alpha value is -1.48. The van der Waals surface area contributed by atoms with Crippen molar-refractivity contribution in [2.75, 3.05) is 20.8 Å². The van der Waals surface area contributed by atoms with Crippen LogP contribution in [0.15, 0.2) is 30.4 Å². The topological polar surface area (TPSA) is 30.5 Å². The maximum absolute atomic E-state index is 5.30. The zero-order valence-electron chi connectivity index (χ0n) is 11.7. The van der Waals surface area contributed by atoms with Crippen molar-refractivity contribution < 1.29 is 9.47 Å². The molecule has 0 amide bonds. The third kappa shape index (κ3) is 3.77. The monoisotopic (exact) mass is 249 g/mol. The standard InChI is InChI=1S/C15H23NO2/c1-6-11(2)10-16-12(3)13-7-8-14(17-4)15(9-13)18-5/h7-9,12,16H,2,6,10H2,1,3-5H3. The van der Waals surface area contributed by atoms with Crippen molar-refractivity contribution >= 4 is 0 Å². The van der Waals surface area contributed by atoms with Crippen LogP contribution in [0.5, 0.6) is 11.5 Å². The van der Waals surface area contributed by atoms with Crippen LogP contribution in [0.1, 0.15) is 31.9 Å². The fourth-order valence-corrected chi connectivity index (χ4v) is 1.66. The lowest BCUT2D eigenvalue weighted by atomic mass is 10.1. The van der Waals surface area contributed by atoms with Crippen LogP contribution in [0, 0.1) is 0 Å². The molecule has 0 saturated heterocycles. The molecule has 18 heavy (non-hydrogen) atoms. The number of rotatable bonds is 7. The Morgan fingerprint density at radius 2 is 1.94 bits per heavy atom. The summed E-state index contributed by atoms with van der Waals surface area (Å²) < 4.78 is 10.5. The summed E-state index contributed by atoms with van der Waals surface area (Å²) in [6.07, 6.45) is 1.01. The molecule has 3 heteroatoms. The van der Waals surface area contributed by atoms with Gasteiger partial charge in [0.15, 0.2) is 11.5 Å². The minimum atomic E-state index is 0.258. The van der Waals surface area contributed by atoms with Gasteiger partial charge in [0.2, 0.25) is 0 Å². The summed E-state index contributed by atoms with van der Waals surface area (Å²) in [4.78, 5) is 0. The quantitative estimate of drug-likeness (QED) is 0.752. The van der Waals surface area contributed by atoms with Gasteiger partial charge in [0.05, 0.1) is 14.2 Å². The van der Waals surface area contributed by atoms with E-state index in [4.69, 9.17) is 9.47 Å². The molecule has 1 rings (SSSR count). The van der Waals surface area contributed by atoms with Gasteiger partial charge in [-0.3, -0.25) is 0 Å². The van der Waals surface area contributed by atoms with Crippen molar-refractivity contribution in [3.63, 3.8) is 0 Å². The summed E-state index contributed by atoms with van der Waals surface area (Å²) >= 11 is 0. The molecule has 0 aliphatic rings. The van der Waals surface area contributed by atoms with Gasteiger partial charge in [0.1, 0.15) is 0 Å². The lowest BCUT2D eigenvalue weighted by molar-refractivity contribution is 0.354. The van der Waals surface area contributed by atoms with E-state index in [9.17, 15) is 0 Å². The molecule has 1 aromatic rings. The molecule has 0 heterocycles. The Morgan fingerprint density at radius 3 is 2.50 bits per heavy atom. The van der Waals surface area contributed by atoms with E-state index >= 15 is 0 Å². The van der Waals surface area contributed by atoms with Crippen molar-refractivity contribution in [3.05, 3.63) is 35.9 Å². The minimum absolute atomic E-state index is 0.258. The molecule has 0 aromatic heterocycles. The Kier molecular flexibility index (Phi) is 5.72. The summed E-state index contributed by atoms with van der Waals surface area (Å²) in [5.74, 6) is 1.52. The molecule has 0 spiro atoms. The predicted octanol–water partition coefficient (Wildman–Crippen LogP) is 3.32. The summed E-state index contributed by atoms with van der Waals surface area (Å²) in [5.41, 5.74) is 2.39. The second kappa shape index (κ2) is 7.07. The molecule has 100 valence electrons. The summed E-state index contributed by atoms with van der Waals surface area (Å²) in [6, 6.07) is 6.24. The first-order valence-electron chi connectivity index (χ1n) is 6.24. The molecule has 1 N–H and O–H groups in total. The number of ether oxygens (including phenoxy) is 2. The first-order valence-corrected chi connectivity index (χ1v) is 6.24. The van der Waals surface area contributed by atoms with E-state index in [1.54, 1.807) is 14.2 Å². The molecule has 0 bridgehead atoms. The van der Waals surface area contributed by atoms with Crippen LogP contribution in [0.25, 0.3) is 0 Å². The molecule has 1 atom stereocenters. The van der Waals surface area contributed by atoms with E-state index in [1.165, 1.54) is 11.1 Å². The van der Waals surface area contributed by atoms with Crippen molar-refractivity contribution in [1.29, 1.82) is 0 Å². The highest BCUT2D eigenvalue weighted by Gasteiger charge is 2.09. The van der Waals surface area contributed by atoms with E-state index in [2.05, 4.69) is 25.7 Å². The highest BCUT2D eigenvalue weighted by molar-refractivity contribution is 5.43. The summed E-state index contributed by atoms with van der Waals surface area (Å²) in [5, 5.41) is 3.44. The highest BCUT2D eigenvalue weighted by Crippen LogP contribution is 2.29. The molecular formula is C15H23NO2. The maximum atomic E-state index is 5.30. The number of methoxy groups -OCH3 is 2. The van der Waals surface area contributed by atoms with Gasteiger partial charge in [0, 0.05) is 12.6 Å². The number of nitrogens with one attached hydrogen (secondary N) is 1. The molecule has 1 unspecified atom stereocenters. The first-order chi connectivity index (χ1) is 8.62. The summed E-state index contributed by atoms with van der Waals surface area (Å²) in [7, 11) is 3.29. The zero-order valence-corrected chi connectivity index (χ0v) is 11.7. The highest BCUT2D eigenvalue weighted by atomic mass is 16.5. The number of hydrogen-bond acceptors (Lipinski definition) is 3. The van der Waals surface area contributed by atoms with Gasteiger partial charge in [-0.05, 0) is 31.0 Å². The van der Waals surface area contributed by atoms with Crippen LogP contribution in [-0.4, -0.2) is 20.8 Å². The largest absolute Gasteiger partial charge is 0.493 e. The number of hydrogen-bond donors (Lipinski definition) is 1. The van der Waals surface area contributed by atoms with Crippen LogP contribution in [0.4, 0.5) is 0 Å². The first kappa shape index (κ1) is 14.6. The Labute approximate surface area is 110 Å². The van der Waals surface area contributed by atoms with Crippen LogP contribution in [-0.2, 0) is 0 Å². The molecule has 0 aliphatic heterocycles. The van der Waals surface area contributed by atoms with E-state index in [1.807, 2.05) is 18.2 Å². The van der Waals surface area contributed by atoms with E-state index in [-0.39, 0.29) is 6.04 Å². The van der Waals surface area contributed by atoms with Gasteiger partial charge in [-0.15, -0.1) is 0 Å². The minimum Gasteiger partial charge on any atom is -0.493 e. The van der Waals surface area contributed by atoms with E-state index in [0.29, 0.717) is 0 Å². The van der Waals surface area contributed by atoms with Crippen LogP contribution < -0.4 is 14.8 Å². The average Bonchev–Trinajstić information content (AvgIpc) is 2.43. The molecule has 1 aromatic carbocycles. The lowest BCUT2D eigenvalue weighted by Gasteiger charge is -2.17. The molecule has 3 nitrogen and oxygen atoms in total. The van der Waals surface area contributed by atoms with Gasteiger partial charge in [-0.2, -0.15) is 0 Å². The molecule has 0 radical (unpaired) electrons. The lowest BCUT2D eigenvalue weighted by Crippen LogP contribution is -2.20. The van der Waals surface area contributed by atoms with Crippen molar-refractivity contribution in [1.82, 2.24) is 5.32 Å². The average molecular weight is 249 g/mol. The zero-order chi connectivity index (χ0) is 13.5. The SMILES string of the molecule is C=C(CC)CNC(C)c1ccc(OC)c(OC)c1. The second-order valence-electron chi connectivity index (χ2n) is 4.32. The smallest absolute Gasteiger partial charge is 0.161 e. The molecule has 0 aliphatic carbocycles. The Bertz CT molecular complexity index is 401. The van der Waals surface area contributed by atoms with Gasteiger partial charge in [-0.25, -0.2) is 0 Å². The normalized spacial score (nSPS) is 12.0. The van der Waals surface area contributed by atoms with Crippen molar-refractivity contribution in [2.24, 2.45) is 0 Å². The van der Waals surface area contributed by atoms with Gasteiger partial charge < -0.3 is 14.8 Å². The third-order valence-electron chi connectivity index (χ3n) is 3.07. The molecular weight excluding hydrogens is 226 g/mol. The number of benzene rings is 1. The second-order valence-corrected chi connectivity index (χ2v) is 4.32. The fraction of sp³-hybridized carbons (Fsp3) is 0.467. The Morgan fingerprint density at radius 1 is 1.28 bits per heavy atom. The van der Waals surface area contributed by atoms with Crippen LogP contribution >= 0.6 is 0 Å². The van der Waals surface area contributed by atoms with Crippen molar-refractivity contribution in [3.8, 4) is 11.5 Å². The summed E-state index contributed by atoms with van der Waals surface area (Å²) in [6.45, 7) is 9.08. The van der Waals surface area contributed by atoms with E-state index in [0.717, 1.165) is 24.5 Å². The van der Waals surface area contributed by atoms with E-state index < -0.39 is 0 Å². The predicted molar refractivity (Wildman–Crippen MR) is 75.4 cm³/mol. The molecule has 0 fully saturated rings. The molecule has 0 saturated carbocycles. The van der Waals surface area contributed by atoms with Crippen LogP contribution in [0.3, 0.4) is 0 Å². The van der Waals surface area contributed by atoms with Crippen molar-refractivity contribution in [2.45, 2.75) is 26.3 Å². The Balaban J connectivity index is 2.73. The van der Waals surface area contributed by atoms with Gasteiger partial charge in [-0.1, -0.05) is 25.1 Å².